The van der Waals surface area contributed by atoms with Crippen LogP contribution in [-0.4, -0.2) is 22.6 Å². The molecular formula is C15H27N3O. The maximum atomic E-state index is 5.41. The van der Waals surface area contributed by atoms with E-state index < -0.39 is 0 Å². The highest BCUT2D eigenvalue weighted by Gasteiger charge is 2.17. The summed E-state index contributed by atoms with van der Waals surface area (Å²) in [5.74, 6) is 0.791. The van der Waals surface area contributed by atoms with Gasteiger partial charge in [-0.25, -0.2) is 9.97 Å². The third kappa shape index (κ3) is 4.55. The van der Waals surface area contributed by atoms with Crippen molar-refractivity contribution in [3.63, 3.8) is 0 Å². The van der Waals surface area contributed by atoms with Gasteiger partial charge in [0.05, 0.1) is 0 Å². The highest BCUT2D eigenvalue weighted by Crippen LogP contribution is 2.19. The van der Waals surface area contributed by atoms with E-state index >= 15 is 0 Å². The van der Waals surface area contributed by atoms with Crippen molar-refractivity contribution in [2.24, 2.45) is 0 Å². The van der Waals surface area contributed by atoms with E-state index in [2.05, 4.69) is 43.0 Å². The number of rotatable bonds is 5. The maximum absolute atomic E-state index is 5.41. The summed E-state index contributed by atoms with van der Waals surface area (Å²) < 4.78 is 5.41. The van der Waals surface area contributed by atoms with Crippen molar-refractivity contribution in [2.45, 2.75) is 66.2 Å². The number of hydrogen-bond acceptors (Lipinski definition) is 4. The molecule has 0 bridgehead atoms. The summed E-state index contributed by atoms with van der Waals surface area (Å²) in [6.45, 7) is 13.4. The van der Waals surface area contributed by atoms with Crippen molar-refractivity contribution in [1.29, 1.82) is 0 Å². The van der Waals surface area contributed by atoms with Gasteiger partial charge in [0.15, 0.2) is 5.82 Å². The van der Waals surface area contributed by atoms with Gasteiger partial charge in [-0.3, -0.25) is 0 Å². The molecule has 0 aliphatic carbocycles. The number of ether oxygens (including phenoxy) is 1. The molecule has 0 saturated heterocycles. The largest absolute Gasteiger partial charge is 0.373 e. The minimum Gasteiger partial charge on any atom is -0.373 e. The van der Waals surface area contributed by atoms with Gasteiger partial charge in [0.1, 0.15) is 6.10 Å². The smallest absolute Gasteiger partial charge is 0.157 e. The molecule has 1 heterocycles. The monoisotopic (exact) mass is 265 g/mol. The number of aryl methyl sites for hydroxylation is 2. The van der Waals surface area contributed by atoms with Crippen LogP contribution >= 0.6 is 0 Å². The van der Waals surface area contributed by atoms with Crippen LogP contribution in [0.2, 0.25) is 0 Å². The molecule has 108 valence electrons. The Morgan fingerprint density at radius 3 is 2.05 bits per heavy atom. The van der Waals surface area contributed by atoms with Gasteiger partial charge in [-0.1, -0.05) is 6.92 Å². The second kappa shape index (κ2) is 6.44. The van der Waals surface area contributed by atoms with E-state index in [4.69, 9.17) is 4.74 Å². The Bertz CT molecular complexity index is 397. The molecule has 0 fully saturated rings. The molecule has 0 saturated carbocycles. The Labute approximate surface area is 117 Å². The van der Waals surface area contributed by atoms with Crippen molar-refractivity contribution >= 4 is 0 Å². The summed E-state index contributed by atoms with van der Waals surface area (Å²) in [6.07, 6.45) is 0.872. The number of hydrogen-bond donors (Lipinski definition) is 1. The number of methoxy groups -OCH3 is 1. The van der Waals surface area contributed by atoms with Gasteiger partial charge in [0.2, 0.25) is 0 Å². The first-order chi connectivity index (χ1) is 8.78. The maximum Gasteiger partial charge on any atom is 0.157 e. The van der Waals surface area contributed by atoms with Crippen molar-refractivity contribution < 1.29 is 4.74 Å². The molecule has 19 heavy (non-hydrogen) atoms. The number of nitrogens with one attached hydrogen (secondary N) is 1. The van der Waals surface area contributed by atoms with Crippen LogP contribution in [0.25, 0.3) is 0 Å². The van der Waals surface area contributed by atoms with Crippen LogP contribution < -0.4 is 5.32 Å². The number of aromatic nitrogens is 2. The average Bonchev–Trinajstić information content (AvgIpc) is 2.28. The Morgan fingerprint density at radius 2 is 1.68 bits per heavy atom. The molecule has 1 rings (SSSR count). The average molecular weight is 265 g/mol. The van der Waals surface area contributed by atoms with Crippen LogP contribution in [0.4, 0.5) is 0 Å². The van der Waals surface area contributed by atoms with Crippen LogP contribution in [0, 0.1) is 13.8 Å². The Kier molecular flexibility index (Phi) is 5.44. The second-order valence-electron chi connectivity index (χ2n) is 5.97. The predicted molar refractivity (Wildman–Crippen MR) is 78.1 cm³/mol. The quantitative estimate of drug-likeness (QED) is 0.888. The molecule has 0 spiro atoms. The molecule has 0 aromatic carbocycles. The van der Waals surface area contributed by atoms with Gasteiger partial charge in [-0.05, 0) is 41.0 Å². The molecule has 1 unspecified atom stereocenters. The molecule has 0 aliphatic rings. The van der Waals surface area contributed by atoms with Gasteiger partial charge in [0, 0.05) is 36.1 Å². The van der Waals surface area contributed by atoms with E-state index in [1.807, 2.05) is 13.8 Å². The lowest BCUT2D eigenvalue weighted by Gasteiger charge is -2.22. The van der Waals surface area contributed by atoms with Gasteiger partial charge in [-0.2, -0.15) is 0 Å². The first-order valence-electron chi connectivity index (χ1n) is 6.90. The van der Waals surface area contributed by atoms with Crippen molar-refractivity contribution in [1.82, 2.24) is 15.3 Å². The minimum absolute atomic E-state index is 0.0120. The van der Waals surface area contributed by atoms with E-state index in [0.717, 1.165) is 30.2 Å². The fourth-order valence-electron chi connectivity index (χ4n) is 1.97. The summed E-state index contributed by atoms with van der Waals surface area (Å²) in [6, 6.07) is 0. The summed E-state index contributed by atoms with van der Waals surface area (Å²) in [5.41, 5.74) is 3.35. The predicted octanol–water partition coefficient (Wildman–Crippen LogP) is 3.08. The van der Waals surface area contributed by atoms with Crippen LogP contribution in [-0.2, 0) is 11.3 Å². The van der Waals surface area contributed by atoms with E-state index in [1.165, 1.54) is 5.56 Å². The third-order valence-electron chi connectivity index (χ3n) is 3.18. The zero-order valence-corrected chi connectivity index (χ0v) is 13.3. The molecule has 4 nitrogen and oxygen atoms in total. The standard InChI is InChI=1S/C15H27N3O/c1-8-13(19-7)14-17-10(2)12(11(3)18-14)9-16-15(4,5)6/h13,16H,8-9H2,1-7H3. The van der Waals surface area contributed by atoms with Crippen molar-refractivity contribution in [3.8, 4) is 0 Å². The minimum atomic E-state index is -0.0120. The van der Waals surface area contributed by atoms with E-state index in [0.29, 0.717) is 0 Å². The molecule has 4 heteroatoms. The lowest BCUT2D eigenvalue weighted by molar-refractivity contribution is 0.0922. The zero-order chi connectivity index (χ0) is 14.6. The van der Waals surface area contributed by atoms with Gasteiger partial charge < -0.3 is 10.1 Å². The van der Waals surface area contributed by atoms with Crippen LogP contribution in [0.15, 0.2) is 0 Å². The van der Waals surface area contributed by atoms with E-state index in [1.54, 1.807) is 7.11 Å². The first-order valence-corrected chi connectivity index (χ1v) is 6.90. The lowest BCUT2D eigenvalue weighted by atomic mass is 10.1. The van der Waals surface area contributed by atoms with Gasteiger partial charge in [0.25, 0.3) is 0 Å². The summed E-state index contributed by atoms with van der Waals surface area (Å²) >= 11 is 0. The molecular weight excluding hydrogens is 238 g/mol. The highest BCUT2D eigenvalue weighted by atomic mass is 16.5. The Balaban J connectivity index is 2.97. The van der Waals surface area contributed by atoms with Crippen molar-refractivity contribution in [3.05, 3.63) is 22.8 Å². The van der Waals surface area contributed by atoms with Gasteiger partial charge in [-0.15, -0.1) is 0 Å². The van der Waals surface area contributed by atoms with Crippen LogP contribution in [0.5, 0.6) is 0 Å². The Hall–Kier alpha value is -1.00. The normalized spacial score (nSPS) is 13.6. The summed E-state index contributed by atoms with van der Waals surface area (Å²) in [4.78, 5) is 9.20. The molecule has 1 aromatic heterocycles. The highest BCUT2D eigenvalue weighted by molar-refractivity contribution is 5.25. The molecule has 1 atom stereocenters. The molecule has 0 radical (unpaired) electrons. The van der Waals surface area contributed by atoms with E-state index in [9.17, 15) is 0 Å². The molecule has 1 aromatic rings. The summed E-state index contributed by atoms with van der Waals surface area (Å²) in [7, 11) is 1.71. The fraction of sp³-hybridized carbons (Fsp3) is 0.733. The van der Waals surface area contributed by atoms with Crippen LogP contribution in [0.1, 0.15) is 63.0 Å². The fourth-order valence-corrected chi connectivity index (χ4v) is 1.97. The van der Waals surface area contributed by atoms with Crippen LogP contribution in [0.3, 0.4) is 0 Å². The summed E-state index contributed by atoms with van der Waals surface area (Å²) in [5, 5.41) is 3.49. The van der Waals surface area contributed by atoms with E-state index in [-0.39, 0.29) is 11.6 Å². The Morgan fingerprint density at radius 1 is 1.16 bits per heavy atom. The molecule has 0 aliphatic heterocycles. The number of nitrogens with zero attached hydrogens (tertiary/aromatic N) is 2. The molecule has 0 amide bonds. The second-order valence-corrected chi connectivity index (χ2v) is 5.97. The topological polar surface area (TPSA) is 47.0 Å². The lowest BCUT2D eigenvalue weighted by Crippen LogP contribution is -2.35. The van der Waals surface area contributed by atoms with Crippen molar-refractivity contribution in [2.75, 3.05) is 7.11 Å². The SMILES string of the molecule is CCC(OC)c1nc(C)c(CNC(C)(C)C)c(C)n1. The first kappa shape index (κ1) is 16.1. The third-order valence-corrected chi connectivity index (χ3v) is 3.18. The van der Waals surface area contributed by atoms with Gasteiger partial charge >= 0.3 is 0 Å². The zero-order valence-electron chi connectivity index (χ0n) is 13.3. The molecule has 1 N–H and O–H groups in total.